The van der Waals surface area contributed by atoms with Crippen LogP contribution in [0.25, 0.3) is 0 Å². The van der Waals surface area contributed by atoms with Crippen molar-refractivity contribution in [2.75, 3.05) is 26.2 Å². The molecule has 4 saturated carbocycles. The molecule has 258 valence electrons. The highest BCUT2D eigenvalue weighted by Gasteiger charge is 2.65. The van der Waals surface area contributed by atoms with Gasteiger partial charge < -0.3 is 21.5 Å². The Bertz CT molecular complexity index is 1030. The molecule has 0 saturated heterocycles. The van der Waals surface area contributed by atoms with E-state index < -0.39 is 16.5 Å². The van der Waals surface area contributed by atoms with Gasteiger partial charge in [-0.1, -0.05) is 41.5 Å². The smallest absolute Gasteiger partial charge is 0.393 e. The SMILES string of the molecule is CC(C)C(CC[C@H](C)C1CCC2C3C(CC[C@@]21C)[C@@]1(C)CCC(NCCCNCCCCN)C[C@]1(C)C[C@H]3O)OS(=O)(=O)O. The van der Waals surface area contributed by atoms with Crippen LogP contribution in [0.1, 0.15) is 125 Å². The molecule has 0 spiro atoms. The summed E-state index contributed by atoms with van der Waals surface area (Å²) in [5.74, 6) is 2.53. The van der Waals surface area contributed by atoms with Gasteiger partial charge in [0.15, 0.2) is 0 Å². The lowest BCUT2D eigenvalue weighted by atomic mass is 9.39. The van der Waals surface area contributed by atoms with Gasteiger partial charge in [-0.15, -0.1) is 0 Å². The van der Waals surface area contributed by atoms with E-state index in [1.54, 1.807) is 0 Å². The molecule has 0 aromatic heterocycles. The standard InChI is InChI=1S/C35H67N3O5S/c1-24(2)31(43-44(40,41)42)13-10-25(3)27-11-12-28-32-29(15-16-34(27,28)5)35(6)17-14-26(22-33(35,4)23-30(32)39)38-21-9-20-37-19-8-7-18-36/h24-32,37-39H,7-23,36H2,1-6H3,(H,40,41,42)/t25-,26?,27?,28?,29?,30+,31?,32?,33+,34+,35+/m0/s1. The Hall–Kier alpha value is -0.290. The minimum absolute atomic E-state index is 0.0118. The molecule has 0 aromatic carbocycles. The Kier molecular flexibility index (Phi) is 12.3. The van der Waals surface area contributed by atoms with E-state index in [-0.39, 0.29) is 28.3 Å². The fraction of sp³-hybridized carbons (Fsp3) is 1.00. The van der Waals surface area contributed by atoms with E-state index >= 15 is 0 Å². The van der Waals surface area contributed by atoms with Crippen LogP contribution in [-0.4, -0.2) is 62.5 Å². The van der Waals surface area contributed by atoms with Gasteiger partial charge in [-0.2, -0.15) is 8.42 Å². The van der Waals surface area contributed by atoms with Crippen LogP contribution in [0.2, 0.25) is 0 Å². The lowest BCUT2D eigenvalue weighted by Crippen LogP contribution is -2.63. The zero-order chi connectivity index (χ0) is 32.3. The van der Waals surface area contributed by atoms with Crippen molar-refractivity contribution in [2.45, 2.75) is 143 Å². The van der Waals surface area contributed by atoms with Gasteiger partial charge in [0, 0.05) is 6.04 Å². The third-order valence-corrected chi connectivity index (χ3v) is 14.3. The lowest BCUT2D eigenvalue weighted by Gasteiger charge is -2.66. The van der Waals surface area contributed by atoms with Crippen LogP contribution in [0.4, 0.5) is 0 Å². The first-order chi connectivity index (χ1) is 20.6. The number of unbranched alkanes of at least 4 members (excludes halogenated alkanes) is 1. The number of fused-ring (bicyclic) bond motifs is 5. The molecular weight excluding hydrogens is 574 g/mol. The summed E-state index contributed by atoms with van der Waals surface area (Å²) in [6.45, 7) is 17.7. The minimum Gasteiger partial charge on any atom is -0.393 e. The number of nitrogens with two attached hydrogens (primary N) is 1. The number of nitrogens with one attached hydrogen (secondary N) is 2. The van der Waals surface area contributed by atoms with Crippen molar-refractivity contribution in [3.63, 3.8) is 0 Å². The third kappa shape index (κ3) is 7.87. The molecule has 44 heavy (non-hydrogen) atoms. The van der Waals surface area contributed by atoms with Gasteiger partial charge in [0.25, 0.3) is 0 Å². The zero-order valence-corrected chi connectivity index (χ0v) is 29.6. The molecule has 0 radical (unpaired) electrons. The largest absolute Gasteiger partial charge is 0.397 e. The second kappa shape index (κ2) is 14.9. The van der Waals surface area contributed by atoms with Crippen molar-refractivity contribution in [1.29, 1.82) is 0 Å². The van der Waals surface area contributed by atoms with Crippen LogP contribution in [0.15, 0.2) is 0 Å². The van der Waals surface area contributed by atoms with E-state index in [2.05, 4.69) is 38.3 Å². The van der Waals surface area contributed by atoms with E-state index in [1.807, 2.05) is 13.8 Å². The normalized spacial score (nSPS) is 40.3. The Balaban J connectivity index is 1.35. The molecule has 0 heterocycles. The van der Waals surface area contributed by atoms with Gasteiger partial charge in [-0.05, 0) is 161 Å². The van der Waals surface area contributed by atoms with Gasteiger partial charge in [0.05, 0.1) is 12.2 Å². The van der Waals surface area contributed by atoms with Crippen LogP contribution < -0.4 is 16.4 Å². The summed E-state index contributed by atoms with van der Waals surface area (Å²) in [6, 6.07) is 0.541. The van der Waals surface area contributed by atoms with E-state index in [1.165, 1.54) is 38.5 Å². The molecule has 4 aliphatic rings. The third-order valence-electron chi connectivity index (χ3n) is 13.8. The van der Waals surface area contributed by atoms with Crippen molar-refractivity contribution < 1.29 is 22.3 Å². The average molecular weight is 642 g/mol. The highest BCUT2D eigenvalue weighted by atomic mass is 32.3. The maximum Gasteiger partial charge on any atom is 0.397 e. The molecule has 0 bridgehead atoms. The first-order valence-electron chi connectivity index (χ1n) is 18.1. The summed E-state index contributed by atoms with van der Waals surface area (Å²) in [7, 11) is -4.46. The topological polar surface area (TPSA) is 134 Å². The summed E-state index contributed by atoms with van der Waals surface area (Å²) in [5.41, 5.74) is 6.22. The maximum absolute atomic E-state index is 11.9. The molecule has 0 aromatic rings. The quantitative estimate of drug-likeness (QED) is 0.103. The molecule has 4 aliphatic carbocycles. The summed E-state index contributed by atoms with van der Waals surface area (Å²) in [5, 5.41) is 19.4. The summed E-state index contributed by atoms with van der Waals surface area (Å²) in [4.78, 5) is 0. The number of aliphatic hydroxyl groups is 1. The van der Waals surface area contributed by atoms with Crippen LogP contribution in [-0.2, 0) is 14.6 Å². The Labute approximate surface area is 269 Å². The molecule has 11 atom stereocenters. The molecule has 6 N–H and O–H groups in total. The molecule has 9 heteroatoms. The highest BCUT2D eigenvalue weighted by molar-refractivity contribution is 7.80. The van der Waals surface area contributed by atoms with E-state index in [4.69, 9.17) is 9.92 Å². The van der Waals surface area contributed by atoms with Crippen molar-refractivity contribution in [3.05, 3.63) is 0 Å². The van der Waals surface area contributed by atoms with E-state index in [0.29, 0.717) is 42.1 Å². The second-order valence-electron chi connectivity index (χ2n) is 16.6. The van der Waals surface area contributed by atoms with Crippen molar-refractivity contribution in [3.8, 4) is 0 Å². The van der Waals surface area contributed by atoms with Gasteiger partial charge in [-0.3, -0.25) is 4.55 Å². The molecule has 0 aliphatic heterocycles. The molecule has 8 nitrogen and oxygen atoms in total. The molecular formula is C35H67N3O5S. The van der Waals surface area contributed by atoms with Crippen LogP contribution in [0.3, 0.4) is 0 Å². The van der Waals surface area contributed by atoms with Crippen LogP contribution in [0, 0.1) is 51.8 Å². The first kappa shape index (κ1) is 36.5. The average Bonchev–Trinajstić information content (AvgIpc) is 3.29. The summed E-state index contributed by atoms with van der Waals surface area (Å²) < 4.78 is 37.2. The first-order valence-corrected chi connectivity index (χ1v) is 19.5. The lowest BCUT2D eigenvalue weighted by molar-refractivity contribution is -0.202. The maximum atomic E-state index is 11.9. The highest BCUT2D eigenvalue weighted by Crippen LogP contribution is 2.71. The minimum atomic E-state index is -4.46. The Morgan fingerprint density at radius 3 is 2.32 bits per heavy atom. The fourth-order valence-corrected chi connectivity index (χ4v) is 11.8. The van der Waals surface area contributed by atoms with Crippen LogP contribution >= 0.6 is 0 Å². The predicted molar refractivity (Wildman–Crippen MR) is 178 cm³/mol. The zero-order valence-electron chi connectivity index (χ0n) is 28.8. The van der Waals surface area contributed by atoms with Crippen LogP contribution in [0.5, 0.6) is 0 Å². The van der Waals surface area contributed by atoms with Crippen molar-refractivity contribution in [1.82, 2.24) is 10.6 Å². The molecule has 4 rings (SSSR count). The Morgan fingerprint density at radius 1 is 0.909 bits per heavy atom. The van der Waals surface area contributed by atoms with Crippen molar-refractivity contribution >= 4 is 10.4 Å². The predicted octanol–water partition coefficient (Wildman–Crippen LogP) is 5.94. The Morgan fingerprint density at radius 2 is 1.64 bits per heavy atom. The van der Waals surface area contributed by atoms with Gasteiger partial charge >= 0.3 is 10.4 Å². The second-order valence-corrected chi connectivity index (χ2v) is 17.7. The number of rotatable bonds is 16. The van der Waals surface area contributed by atoms with Gasteiger partial charge in [0.1, 0.15) is 0 Å². The van der Waals surface area contributed by atoms with Crippen molar-refractivity contribution in [2.24, 2.45) is 57.5 Å². The van der Waals surface area contributed by atoms with Gasteiger partial charge in [0.2, 0.25) is 0 Å². The van der Waals surface area contributed by atoms with Gasteiger partial charge in [-0.25, -0.2) is 4.18 Å². The number of hydrogen-bond acceptors (Lipinski definition) is 7. The van der Waals surface area contributed by atoms with E-state index in [9.17, 15) is 18.1 Å². The molecule has 0 amide bonds. The summed E-state index contributed by atoms with van der Waals surface area (Å²) >= 11 is 0. The summed E-state index contributed by atoms with van der Waals surface area (Å²) in [6.07, 6.45) is 13.5. The van der Waals surface area contributed by atoms with E-state index in [0.717, 1.165) is 64.7 Å². The fourth-order valence-electron chi connectivity index (χ4n) is 11.1. The number of aliphatic hydroxyl groups excluding tert-OH is 1. The number of hydrogen-bond donors (Lipinski definition) is 5. The molecule has 4 fully saturated rings. The molecule has 6 unspecified atom stereocenters. The monoisotopic (exact) mass is 641 g/mol.